The lowest BCUT2D eigenvalue weighted by atomic mass is 9.98. The third kappa shape index (κ3) is 3.56. The molecule has 0 amide bonds. The first-order valence-corrected chi connectivity index (χ1v) is 7.83. The number of hydrogen-bond acceptors (Lipinski definition) is 4. The van der Waals surface area contributed by atoms with Gasteiger partial charge in [0.05, 0.1) is 5.92 Å². The third-order valence-electron chi connectivity index (χ3n) is 4.25. The van der Waals surface area contributed by atoms with Crippen molar-refractivity contribution in [2.45, 2.75) is 77.2 Å². The van der Waals surface area contributed by atoms with E-state index in [-0.39, 0.29) is 0 Å². The summed E-state index contributed by atoms with van der Waals surface area (Å²) in [5, 5.41) is 7.75. The van der Waals surface area contributed by atoms with Crippen LogP contribution in [0.4, 0.5) is 0 Å². The molecule has 0 saturated heterocycles. The van der Waals surface area contributed by atoms with Gasteiger partial charge >= 0.3 is 0 Å². The molecule has 2 rings (SSSR count). The number of nitrogens with one attached hydrogen (secondary N) is 1. The van der Waals surface area contributed by atoms with Crippen molar-refractivity contribution in [2.75, 3.05) is 6.54 Å². The Labute approximate surface area is 116 Å². The summed E-state index contributed by atoms with van der Waals surface area (Å²) in [6.07, 6.45) is 7.24. The van der Waals surface area contributed by atoms with Gasteiger partial charge in [-0.3, -0.25) is 0 Å². The molecule has 1 aromatic heterocycles. The minimum Gasteiger partial charge on any atom is -0.339 e. The molecule has 1 aliphatic rings. The van der Waals surface area contributed by atoms with Gasteiger partial charge in [-0.15, -0.1) is 0 Å². The quantitative estimate of drug-likeness (QED) is 0.818. The van der Waals surface area contributed by atoms with Crippen LogP contribution in [0.15, 0.2) is 4.52 Å². The van der Waals surface area contributed by atoms with Crippen molar-refractivity contribution in [3.05, 3.63) is 11.7 Å². The van der Waals surface area contributed by atoms with Gasteiger partial charge in [-0.25, -0.2) is 0 Å². The summed E-state index contributed by atoms with van der Waals surface area (Å²) >= 11 is 0. The molecule has 0 radical (unpaired) electrons. The Morgan fingerprint density at radius 3 is 2.68 bits per heavy atom. The molecule has 0 aliphatic heterocycles. The number of nitrogens with zero attached hydrogens (tertiary/aromatic N) is 2. The highest BCUT2D eigenvalue weighted by Crippen LogP contribution is 2.33. The highest BCUT2D eigenvalue weighted by Gasteiger charge is 2.27. The summed E-state index contributed by atoms with van der Waals surface area (Å²) in [5.74, 6) is 2.62. The van der Waals surface area contributed by atoms with E-state index in [0.717, 1.165) is 31.1 Å². The molecule has 0 aromatic carbocycles. The van der Waals surface area contributed by atoms with Crippen molar-refractivity contribution in [3.63, 3.8) is 0 Å². The predicted molar refractivity (Wildman–Crippen MR) is 76.3 cm³/mol. The van der Waals surface area contributed by atoms with E-state index in [1.165, 1.54) is 25.7 Å². The van der Waals surface area contributed by atoms with E-state index in [2.05, 4.69) is 36.2 Å². The lowest BCUT2D eigenvalue weighted by Crippen LogP contribution is -2.32. The van der Waals surface area contributed by atoms with Gasteiger partial charge in [0, 0.05) is 12.0 Å². The van der Waals surface area contributed by atoms with Gasteiger partial charge < -0.3 is 9.84 Å². The first-order valence-electron chi connectivity index (χ1n) is 7.83. The van der Waals surface area contributed by atoms with E-state index >= 15 is 0 Å². The van der Waals surface area contributed by atoms with Crippen LogP contribution in [0.1, 0.15) is 82.8 Å². The van der Waals surface area contributed by atoms with Crippen molar-refractivity contribution in [1.29, 1.82) is 0 Å². The SMILES string of the molecule is CCCNC(C)C(CC)c1nc(C2CCCC2)no1. The second-order valence-electron chi connectivity index (χ2n) is 5.73. The van der Waals surface area contributed by atoms with Gasteiger partial charge in [-0.2, -0.15) is 4.98 Å². The van der Waals surface area contributed by atoms with Gasteiger partial charge in [0.2, 0.25) is 5.89 Å². The average molecular weight is 265 g/mol. The first-order chi connectivity index (χ1) is 9.26. The zero-order valence-electron chi connectivity index (χ0n) is 12.5. The lowest BCUT2D eigenvalue weighted by Gasteiger charge is -2.20. The number of rotatable bonds is 7. The van der Waals surface area contributed by atoms with E-state index in [0.29, 0.717) is 17.9 Å². The maximum absolute atomic E-state index is 5.53. The molecular formula is C15H27N3O. The summed E-state index contributed by atoms with van der Waals surface area (Å²) in [6.45, 7) is 7.63. The van der Waals surface area contributed by atoms with Crippen LogP contribution in [0.2, 0.25) is 0 Å². The lowest BCUT2D eigenvalue weighted by molar-refractivity contribution is 0.313. The minimum absolute atomic E-state index is 0.328. The fraction of sp³-hybridized carbons (Fsp3) is 0.867. The average Bonchev–Trinajstić information content (AvgIpc) is 3.07. The van der Waals surface area contributed by atoms with Crippen molar-refractivity contribution in [1.82, 2.24) is 15.5 Å². The Morgan fingerprint density at radius 2 is 2.05 bits per heavy atom. The van der Waals surface area contributed by atoms with Crippen LogP contribution in [-0.2, 0) is 0 Å². The standard InChI is InChI=1S/C15H27N3O/c1-4-10-16-11(3)13(5-2)15-17-14(18-19-15)12-8-6-7-9-12/h11-13,16H,4-10H2,1-3H3. The van der Waals surface area contributed by atoms with Crippen molar-refractivity contribution >= 4 is 0 Å². The van der Waals surface area contributed by atoms with Gasteiger partial charge in [-0.05, 0) is 39.2 Å². The Hall–Kier alpha value is -0.900. The highest BCUT2D eigenvalue weighted by atomic mass is 16.5. The molecule has 1 N–H and O–H groups in total. The molecule has 19 heavy (non-hydrogen) atoms. The molecular weight excluding hydrogens is 238 g/mol. The summed E-state index contributed by atoms with van der Waals surface area (Å²) in [5.41, 5.74) is 0. The zero-order valence-corrected chi connectivity index (χ0v) is 12.5. The first kappa shape index (κ1) is 14.5. The molecule has 0 spiro atoms. The number of hydrogen-bond donors (Lipinski definition) is 1. The highest BCUT2D eigenvalue weighted by molar-refractivity contribution is 5.02. The van der Waals surface area contributed by atoms with Crippen molar-refractivity contribution in [3.8, 4) is 0 Å². The van der Waals surface area contributed by atoms with Gasteiger partial charge in [0.15, 0.2) is 5.82 Å². The molecule has 1 heterocycles. The van der Waals surface area contributed by atoms with Crippen LogP contribution in [-0.4, -0.2) is 22.7 Å². The molecule has 4 heteroatoms. The maximum atomic E-state index is 5.53. The van der Waals surface area contributed by atoms with E-state index in [1.54, 1.807) is 0 Å². The maximum Gasteiger partial charge on any atom is 0.231 e. The van der Waals surface area contributed by atoms with Crippen LogP contribution < -0.4 is 5.32 Å². The van der Waals surface area contributed by atoms with E-state index in [1.807, 2.05) is 0 Å². The third-order valence-corrected chi connectivity index (χ3v) is 4.25. The summed E-state index contributed by atoms with van der Waals surface area (Å²) in [4.78, 5) is 4.67. The molecule has 4 nitrogen and oxygen atoms in total. The van der Waals surface area contributed by atoms with Crippen LogP contribution in [0, 0.1) is 0 Å². The van der Waals surface area contributed by atoms with Crippen LogP contribution in [0.3, 0.4) is 0 Å². The van der Waals surface area contributed by atoms with Crippen LogP contribution in [0.5, 0.6) is 0 Å². The van der Waals surface area contributed by atoms with Crippen molar-refractivity contribution < 1.29 is 4.52 Å². The molecule has 2 atom stereocenters. The topological polar surface area (TPSA) is 51.0 Å². The molecule has 1 aromatic rings. The van der Waals surface area contributed by atoms with E-state index < -0.39 is 0 Å². The molecule has 0 bridgehead atoms. The fourth-order valence-electron chi connectivity index (χ4n) is 3.00. The second-order valence-corrected chi connectivity index (χ2v) is 5.73. The zero-order chi connectivity index (χ0) is 13.7. The van der Waals surface area contributed by atoms with Crippen LogP contribution >= 0.6 is 0 Å². The Bertz CT molecular complexity index is 371. The van der Waals surface area contributed by atoms with Crippen LogP contribution in [0.25, 0.3) is 0 Å². The summed E-state index contributed by atoms with van der Waals surface area (Å²) in [7, 11) is 0. The van der Waals surface area contributed by atoms with Gasteiger partial charge in [0.1, 0.15) is 0 Å². The summed E-state index contributed by atoms with van der Waals surface area (Å²) in [6, 6.07) is 0.391. The smallest absolute Gasteiger partial charge is 0.231 e. The molecule has 1 aliphatic carbocycles. The van der Waals surface area contributed by atoms with E-state index in [4.69, 9.17) is 4.52 Å². The minimum atomic E-state index is 0.328. The molecule has 2 unspecified atom stereocenters. The molecule has 1 saturated carbocycles. The molecule has 1 fully saturated rings. The summed E-state index contributed by atoms with van der Waals surface area (Å²) < 4.78 is 5.53. The number of aromatic nitrogens is 2. The largest absolute Gasteiger partial charge is 0.339 e. The van der Waals surface area contributed by atoms with Gasteiger partial charge in [-0.1, -0.05) is 31.8 Å². The Balaban J connectivity index is 2.01. The van der Waals surface area contributed by atoms with E-state index in [9.17, 15) is 0 Å². The fourth-order valence-corrected chi connectivity index (χ4v) is 3.00. The van der Waals surface area contributed by atoms with Gasteiger partial charge in [0.25, 0.3) is 0 Å². The predicted octanol–water partition coefficient (Wildman–Crippen LogP) is 3.61. The second kappa shape index (κ2) is 7.04. The Morgan fingerprint density at radius 1 is 1.32 bits per heavy atom. The molecule has 108 valence electrons. The normalized spacial score (nSPS) is 19.7. The monoisotopic (exact) mass is 265 g/mol. The van der Waals surface area contributed by atoms with Crippen molar-refractivity contribution in [2.24, 2.45) is 0 Å². The Kier molecular flexibility index (Phi) is 5.37.